The Balaban J connectivity index is 1.75. The average molecular weight is 339 g/mol. The molecule has 0 saturated heterocycles. The molecule has 3 nitrogen and oxygen atoms in total. The molecule has 0 fully saturated rings. The Morgan fingerprint density at radius 2 is 2.32 bits per heavy atom. The highest BCUT2D eigenvalue weighted by Crippen LogP contribution is 2.22. The maximum Gasteiger partial charge on any atom is 0.143 e. The highest BCUT2D eigenvalue weighted by molar-refractivity contribution is 9.10. The fourth-order valence-corrected chi connectivity index (χ4v) is 3.09. The topological polar surface area (TPSA) is 34.9 Å². The fraction of sp³-hybridized carbons (Fsp3) is 0.286. The van der Waals surface area contributed by atoms with Crippen LogP contribution in [0.4, 0.5) is 0 Å². The van der Waals surface area contributed by atoms with Crippen molar-refractivity contribution in [3.05, 3.63) is 46.7 Å². The minimum Gasteiger partial charge on any atom is -0.299 e. The highest BCUT2D eigenvalue weighted by Gasteiger charge is 2.05. The van der Waals surface area contributed by atoms with Gasteiger partial charge in [-0.15, -0.1) is 11.8 Å². The Morgan fingerprint density at radius 1 is 1.47 bits per heavy atom. The molecular formula is C14H15BrN2OS. The number of ketones is 1. The lowest BCUT2D eigenvalue weighted by molar-refractivity contribution is -0.116. The molecule has 1 aromatic carbocycles. The van der Waals surface area contributed by atoms with Gasteiger partial charge in [-0.1, -0.05) is 22.0 Å². The number of halogens is 1. The summed E-state index contributed by atoms with van der Waals surface area (Å²) in [5, 5.41) is 4.09. The first kappa shape index (κ1) is 14.3. The van der Waals surface area contributed by atoms with E-state index in [0.717, 1.165) is 21.4 Å². The number of nitrogens with zero attached hydrogens (tertiary/aromatic N) is 2. The molecule has 0 bridgehead atoms. The third-order valence-electron chi connectivity index (χ3n) is 2.65. The summed E-state index contributed by atoms with van der Waals surface area (Å²) in [6, 6.07) is 8.00. The highest BCUT2D eigenvalue weighted by atomic mass is 79.9. The van der Waals surface area contributed by atoms with Gasteiger partial charge in [0.15, 0.2) is 0 Å². The van der Waals surface area contributed by atoms with E-state index in [0.29, 0.717) is 12.2 Å². The van der Waals surface area contributed by atoms with Crippen molar-refractivity contribution in [3.63, 3.8) is 0 Å². The SMILES string of the molecule is Cn1cc(CCC(=O)CSc2cccc(Br)c2)cn1. The average Bonchev–Trinajstić information content (AvgIpc) is 2.80. The van der Waals surface area contributed by atoms with Crippen molar-refractivity contribution in [2.24, 2.45) is 7.05 Å². The molecule has 0 saturated carbocycles. The quantitative estimate of drug-likeness (QED) is 0.756. The monoisotopic (exact) mass is 338 g/mol. The third-order valence-corrected chi connectivity index (χ3v) is 4.19. The van der Waals surface area contributed by atoms with Gasteiger partial charge in [-0.25, -0.2) is 0 Å². The molecular weight excluding hydrogens is 324 g/mol. The molecule has 2 rings (SSSR count). The number of benzene rings is 1. The van der Waals surface area contributed by atoms with Crippen LogP contribution in [0.3, 0.4) is 0 Å². The Kier molecular flexibility index (Phi) is 5.22. The number of Topliss-reactive ketones (excluding diaryl/α,β-unsaturated/α-hetero) is 1. The van der Waals surface area contributed by atoms with Gasteiger partial charge in [-0.05, 0) is 30.2 Å². The maximum absolute atomic E-state index is 11.8. The summed E-state index contributed by atoms with van der Waals surface area (Å²) in [6.07, 6.45) is 5.11. The fourth-order valence-electron chi connectivity index (χ4n) is 1.68. The van der Waals surface area contributed by atoms with Crippen LogP contribution < -0.4 is 0 Å². The number of rotatable bonds is 6. The van der Waals surface area contributed by atoms with Crippen LogP contribution in [0.2, 0.25) is 0 Å². The first-order valence-electron chi connectivity index (χ1n) is 6.01. The first-order valence-corrected chi connectivity index (χ1v) is 7.79. The molecule has 19 heavy (non-hydrogen) atoms. The Bertz CT molecular complexity index is 568. The molecule has 5 heteroatoms. The van der Waals surface area contributed by atoms with E-state index in [2.05, 4.69) is 21.0 Å². The lowest BCUT2D eigenvalue weighted by Crippen LogP contribution is -2.02. The second-order valence-corrected chi connectivity index (χ2v) is 6.27. The first-order chi connectivity index (χ1) is 9.13. The Hall–Kier alpha value is -1.07. The number of carbonyl (C=O) groups excluding carboxylic acids is 1. The van der Waals surface area contributed by atoms with Crippen LogP contribution in [0, 0.1) is 0 Å². The van der Waals surface area contributed by atoms with Crippen LogP contribution in [-0.4, -0.2) is 21.3 Å². The summed E-state index contributed by atoms with van der Waals surface area (Å²) < 4.78 is 2.80. The van der Waals surface area contributed by atoms with Gasteiger partial charge in [0.1, 0.15) is 5.78 Å². The zero-order valence-corrected chi connectivity index (χ0v) is 13.1. The zero-order chi connectivity index (χ0) is 13.7. The molecule has 0 amide bonds. The van der Waals surface area contributed by atoms with E-state index < -0.39 is 0 Å². The van der Waals surface area contributed by atoms with E-state index in [1.165, 1.54) is 0 Å². The van der Waals surface area contributed by atoms with E-state index in [4.69, 9.17) is 0 Å². The summed E-state index contributed by atoms with van der Waals surface area (Å²) in [5.74, 6) is 0.797. The second-order valence-electron chi connectivity index (χ2n) is 4.31. The number of hydrogen-bond acceptors (Lipinski definition) is 3. The summed E-state index contributed by atoms with van der Waals surface area (Å²) in [5.41, 5.74) is 1.11. The predicted octanol–water partition coefficient (Wildman–Crippen LogP) is 3.48. The van der Waals surface area contributed by atoms with Gasteiger partial charge in [0.05, 0.1) is 11.9 Å². The van der Waals surface area contributed by atoms with E-state index in [9.17, 15) is 4.79 Å². The van der Waals surface area contributed by atoms with Crippen molar-refractivity contribution in [1.29, 1.82) is 0 Å². The molecule has 0 spiro atoms. The lowest BCUT2D eigenvalue weighted by atomic mass is 10.1. The standard InChI is InChI=1S/C14H15BrN2OS/c1-17-9-11(8-16-17)5-6-13(18)10-19-14-4-2-3-12(15)7-14/h2-4,7-9H,5-6,10H2,1H3. The molecule has 0 N–H and O–H groups in total. The van der Waals surface area contributed by atoms with Crippen LogP contribution >= 0.6 is 27.7 Å². The van der Waals surface area contributed by atoms with E-state index >= 15 is 0 Å². The molecule has 1 aromatic heterocycles. The van der Waals surface area contributed by atoms with E-state index in [1.807, 2.05) is 43.7 Å². The normalized spacial score (nSPS) is 10.6. The van der Waals surface area contributed by atoms with Crippen LogP contribution in [-0.2, 0) is 18.3 Å². The van der Waals surface area contributed by atoms with Gasteiger partial charge in [0, 0.05) is 29.0 Å². The van der Waals surface area contributed by atoms with Gasteiger partial charge >= 0.3 is 0 Å². The van der Waals surface area contributed by atoms with Crippen LogP contribution in [0.1, 0.15) is 12.0 Å². The summed E-state index contributed by atoms with van der Waals surface area (Å²) in [4.78, 5) is 12.9. The second kappa shape index (κ2) is 6.91. The molecule has 0 aliphatic rings. The minimum absolute atomic E-state index is 0.272. The summed E-state index contributed by atoms with van der Waals surface area (Å²) >= 11 is 5.01. The van der Waals surface area contributed by atoms with Gasteiger partial charge < -0.3 is 0 Å². The van der Waals surface area contributed by atoms with E-state index in [1.54, 1.807) is 16.4 Å². The van der Waals surface area contributed by atoms with Crippen molar-refractivity contribution in [2.45, 2.75) is 17.7 Å². The van der Waals surface area contributed by atoms with Crippen molar-refractivity contribution in [1.82, 2.24) is 9.78 Å². The largest absolute Gasteiger partial charge is 0.299 e. The van der Waals surface area contributed by atoms with Gasteiger partial charge in [-0.3, -0.25) is 9.48 Å². The van der Waals surface area contributed by atoms with Gasteiger partial charge in [-0.2, -0.15) is 5.10 Å². The zero-order valence-electron chi connectivity index (χ0n) is 10.7. The van der Waals surface area contributed by atoms with Crippen molar-refractivity contribution in [3.8, 4) is 0 Å². The van der Waals surface area contributed by atoms with Crippen molar-refractivity contribution >= 4 is 33.5 Å². The van der Waals surface area contributed by atoms with Crippen LogP contribution in [0.15, 0.2) is 46.0 Å². The molecule has 2 aromatic rings. The number of aryl methyl sites for hydroxylation is 2. The number of aromatic nitrogens is 2. The van der Waals surface area contributed by atoms with E-state index in [-0.39, 0.29) is 5.78 Å². The Labute approximate surface area is 125 Å². The number of thioether (sulfide) groups is 1. The van der Waals surface area contributed by atoms with Crippen molar-refractivity contribution in [2.75, 3.05) is 5.75 Å². The Morgan fingerprint density at radius 3 is 3.00 bits per heavy atom. The maximum atomic E-state index is 11.8. The van der Waals surface area contributed by atoms with Crippen LogP contribution in [0.5, 0.6) is 0 Å². The van der Waals surface area contributed by atoms with Crippen LogP contribution in [0.25, 0.3) is 0 Å². The smallest absolute Gasteiger partial charge is 0.143 e. The minimum atomic E-state index is 0.272. The van der Waals surface area contributed by atoms with Crippen molar-refractivity contribution < 1.29 is 4.79 Å². The number of carbonyl (C=O) groups is 1. The lowest BCUT2D eigenvalue weighted by Gasteiger charge is -2.01. The molecule has 1 heterocycles. The molecule has 0 atom stereocenters. The molecule has 0 aliphatic carbocycles. The predicted molar refractivity (Wildman–Crippen MR) is 81.4 cm³/mol. The summed E-state index contributed by atoms with van der Waals surface area (Å²) in [6.45, 7) is 0. The van der Waals surface area contributed by atoms with Gasteiger partial charge in [0.25, 0.3) is 0 Å². The number of hydrogen-bond donors (Lipinski definition) is 0. The summed E-state index contributed by atoms with van der Waals surface area (Å²) in [7, 11) is 1.88. The molecule has 100 valence electrons. The van der Waals surface area contributed by atoms with Gasteiger partial charge in [0.2, 0.25) is 0 Å². The third kappa shape index (κ3) is 4.84. The molecule has 0 aliphatic heterocycles. The molecule has 0 unspecified atom stereocenters. The molecule has 0 radical (unpaired) electrons.